The Morgan fingerprint density at radius 2 is 2.29 bits per heavy atom. The van der Waals surface area contributed by atoms with Crippen LogP contribution in [0.5, 0.6) is 0 Å². The summed E-state index contributed by atoms with van der Waals surface area (Å²) < 4.78 is 10.9. The second-order valence-corrected chi connectivity index (χ2v) is 5.33. The fraction of sp³-hybridized carbons (Fsp3) is 0.231. The third kappa shape index (κ3) is 3.05. The van der Waals surface area contributed by atoms with Crippen LogP contribution in [-0.2, 0) is 4.79 Å². The monoisotopic (exact) mass is 304 g/mol. The lowest BCUT2D eigenvalue weighted by Crippen LogP contribution is -2.14. The molecular formula is C13H12N4O3S. The molecule has 0 aliphatic carbocycles. The number of carbonyl (C=O) groups is 1. The first-order valence-corrected chi connectivity index (χ1v) is 7.47. The summed E-state index contributed by atoms with van der Waals surface area (Å²) in [5.74, 6) is 1.70. The van der Waals surface area contributed by atoms with Crippen LogP contribution < -0.4 is 5.32 Å². The van der Waals surface area contributed by atoms with E-state index in [1.165, 1.54) is 18.0 Å². The van der Waals surface area contributed by atoms with Gasteiger partial charge in [0.2, 0.25) is 11.7 Å². The molecule has 1 N–H and O–H groups in total. The van der Waals surface area contributed by atoms with Crippen LogP contribution in [-0.4, -0.2) is 32.4 Å². The minimum absolute atomic E-state index is 0.127. The predicted octanol–water partition coefficient (Wildman–Crippen LogP) is 2.57. The number of carbonyl (C=O) groups excluding carboxylic acids is 1. The number of fused-ring (bicyclic) bond motifs is 1. The van der Waals surface area contributed by atoms with Gasteiger partial charge in [0.05, 0.1) is 11.9 Å². The summed E-state index contributed by atoms with van der Waals surface area (Å²) in [6, 6.07) is 3.65. The zero-order valence-corrected chi connectivity index (χ0v) is 12.0. The number of hydrogen-bond acceptors (Lipinski definition) is 7. The van der Waals surface area contributed by atoms with Gasteiger partial charge in [-0.3, -0.25) is 10.1 Å². The molecule has 0 bridgehead atoms. The number of aromatic nitrogens is 3. The minimum atomic E-state index is -0.158. The van der Waals surface area contributed by atoms with Crippen molar-refractivity contribution in [3.8, 4) is 11.7 Å². The number of hydrogen-bond donors (Lipinski definition) is 1. The molecule has 0 aromatic carbocycles. The Balaban J connectivity index is 1.76. The number of oxazole rings is 2. The van der Waals surface area contributed by atoms with Crippen molar-refractivity contribution in [2.45, 2.75) is 6.92 Å². The summed E-state index contributed by atoms with van der Waals surface area (Å²) >= 11 is 1.52. The van der Waals surface area contributed by atoms with Crippen LogP contribution in [0.2, 0.25) is 0 Å². The van der Waals surface area contributed by atoms with E-state index in [2.05, 4.69) is 20.3 Å². The molecule has 108 valence electrons. The molecule has 0 saturated carbocycles. The van der Waals surface area contributed by atoms with Gasteiger partial charge in [0.1, 0.15) is 0 Å². The third-order valence-electron chi connectivity index (χ3n) is 2.57. The molecule has 0 unspecified atom stereocenters. The van der Waals surface area contributed by atoms with E-state index >= 15 is 0 Å². The topological polar surface area (TPSA) is 94.1 Å². The molecule has 0 radical (unpaired) electrons. The van der Waals surface area contributed by atoms with Crippen LogP contribution in [0, 0.1) is 0 Å². The molecule has 0 atom stereocenters. The first-order valence-electron chi connectivity index (χ1n) is 6.31. The lowest BCUT2D eigenvalue weighted by molar-refractivity contribution is -0.113. The fourth-order valence-electron chi connectivity index (χ4n) is 1.66. The molecule has 0 fully saturated rings. The van der Waals surface area contributed by atoms with E-state index < -0.39 is 0 Å². The van der Waals surface area contributed by atoms with Crippen molar-refractivity contribution < 1.29 is 13.6 Å². The lowest BCUT2D eigenvalue weighted by atomic mass is 10.5. The Labute approximate surface area is 124 Å². The maximum Gasteiger partial charge on any atom is 0.302 e. The minimum Gasteiger partial charge on any atom is -0.432 e. The smallest absolute Gasteiger partial charge is 0.302 e. The van der Waals surface area contributed by atoms with Gasteiger partial charge < -0.3 is 8.83 Å². The number of pyridine rings is 1. The van der Waals surface area contributed by atoms with Crippen LogP contribution in [0.1, 0.15) is 6.92 Å². The van der Waals surface area contributed by atoms with Gasteiger partial charge in [0.15, 0.2) is 11.2 Å². The van der Waals surface area contributed by atoms with Crippen LogP contribution in [0.15, 0.2) is 33.4 Å². The number of rotatable bonds is 5. The van der Waals surface area contributed by atoms with Crippen molar-refractivity contribution in [2.75, 3.05) is 16.8 Å². The summed E-state index contributed by atoms with van der Waals surface area (Å²) in [6.45, 7) is 1.99. The first kappa shape index (κ1) is 13.6. The molecule has 1 amide bonds. The van der Waals surface area contributed by atoms with E-state index in [0.29, 0.717) is 22.7 Å². The van der Waals surface area contributed by atoms with Crippen molar-refractivity contribution in [1.82, 2.24) is 15.0 Å². The molecule has 0 aliphatic rings. The second kappa shape index (κ2) is 5.96. The quantitative estimate of drug-likeness (QED) is 0.774. The molecule has 3 aromatic rings. The van der Waals surface area contributed by atoms with Crippen LogP contribution >= 0.6 is 11.8 Å². The van der Waals surface area contributed by atoms with Gasteiger partial charge in [-0.25, -0.2) is 9.97 Å². The highest BCUT2D eigenvalue weighted by molar-refractivity contribution is 7.99. The first-order chi connectivity index (χ1) is 10.3. The maximum atomic E-state index is 11.6. The summed E-state index contributed by atoms with van der Waals surface area (Å²) in [7, 11) is 0. The van der Waals surface area contributed by atoms with Crippen molar-refractivity contribution in [1.29, 1.82) is 0 Å². The van der Waals surface area contributed by atoms with Gasteiger partial charge in [0.25, 0.3) is 5.89 Å². The van der Waals surface area contributed by atoms with Crippen molar-refractivity contribution in [3.05, 3.63) is 24.5 Å². The van der Waals surface area contributed by atoms with Gasteiger partial charge in [-0.15, -0.1) is 0 Å². The van der Waals surface area contributed by atoms with E-state index in [9.17, 15) is 4.79 Å². The van der Waals surface area contributed by atoms with Crippen molar-refractivity contribution in [3.63, 3.8) is 0 Å². The van der Waals surface area contributed by atoms with Crippen LogP contribution in [0.3, 0.4) is 0 Å². The molecule has 8 heteroatoms. The highest BCUT2D eigenvalue weighted by Crippen LogP contribution is 2.25. The van der Waals surface area contributed by atoms with Crippen molar-refractivity contribution >= 4 is 34.9 Å². The van der Waals surface area contributed by atoms with Gasteiger partial charge >= 0.3 is 6.01 Å². The summed E-state index contributed by atoms with van der Waals surface area (Å²) in [6.07, 6.45) is 3.08. The number of thioether (sulfide) groups is 1. The number of anilines is 1. The fourth-order valence-corrected chi connectivity index (χ4v) is 2.12. The highest BCUT2D eigenvalue weighted by atomic mass is 32.2. The Morgan fingerprint density at radius 3 is 3.10 bits per heavy atom. The van der Waals surface area contributed by atoms with E-state index in [1.54, 1.807) is 18.3 Å². The average molecular weight is 304 g/mol. The molecule has 0 saturated heterocycles. The standard InChI is InChI=1S/C13H12N4O3S/c1-2-21-7-10(18)16-13-15-6-9(20-13)12-17-11-8(19-12)4-3-5-14-11/h3-6H,2,7H2,1H3,(H,15,16,18). The Morgan fingerprint density at radius 1 is 1.38 bits per heavy atom. The molecule has 0 aliphatic heterocycles. The molecular weight excluding hydrogens is 292 g/mol. The molecule has 3 rings (SSSR count). The number of amides is 1. The van der Waals surface area contributed by atoms with Crippen LogP contribution in [0.25, 0.3) is 22.9 Å². The van der Waals surface area contributed by atoms with E-state index in [4.69, 9.17) is 8.83 Å². The van der Waals surface area contributed by atoms with Gasteiger partial charge in [0, 0.05) is 6.20 Å². The normalized spacial score (nSPS) is 10.9. The largest absolute Gasteiger partial charge is 0.432 e. The Hall–Kier alpha value is -2.35. The van der Waals surface area contributed by atoms with Gasteiger partial charge in [-0.2, -0.15) is 16.7 Å². The van der Waals surface area contributed by atoms with Crippen molar-refractivity contribution in [2.24, 2.45) is 0 Å². The van der Waals surface area contributed by atoms with Crippen LogP contribution in [0.4, 0.5) is 6.01 Å². The Bertz CT molecular complexity index is 734. The second-order valence-electron chi connectivity index (χ2n) is 4.06. The number of nitrogens with zero attached hydrogens (tertiary/aromatic N) is 3. The molecule has 0 spiro atoms. The molecule has 3 heterocycles. The SMILES string of the molecule is CCSCC(=O)Nc1ncc(-c2nc3ncccc3o2)o1. The summed E-state index contributed by atoms with van der Waals surface area (Å²) in [5, 5.41) is 2.58. The summed E-state index contributed by atoms with van der Waals surface area (Å²) in [4.78, 5) is 23.8. The molecule has 7 nitrogen and oxygen atoms in total. The lowest BCUT2D eigenvalue weighted by Gasteiger charge is -1.98. The number of nitrogens with one attached hydrogen (secondary N) is 1. The zero-order chi connectivity index (χ0) is 14.7. The average Bonchev–Trinajstić information content (AvgIpc) is 3.10. The Kier molecular flexibility index (Phi) is 3.87. The molecule has 3 aromatic heterocycles. The van der Waals surface area contributed by atoms with E-state index in [-0.39, 0.29) is 17.8 Å². The van der Waals surface area contributed by atoms with E-state index in [0.717, 1.165) is 5.75 Å². The molecule has 21 heavy (non-hydrogen) atoms. The zero-order valence-electron chi connectivity index (χ0n) is 11.2. The van der Waals surface area contributed by atoms with Gasteiger partial charge in [-0.1, -0.05) is 6.92 Å². The van der Waals surface area contributed by atoms with E-state index in [1.807, 2.05) is 6.92 Å². The summed E-state index contributed by atoms with van der Waals surface area (Å²) in [5.41, 5.74) is 1.06. The maximum absolute atomic E-state index is 11.6. The van der Waals surface area contributed by atoms with Gasteiger partial charge in [-0.05, 0) is 17.9 Å². The highest BCUT2D eigenvalue weighted by Gasteiger charge is 2.15. The third-order valence-corrected chi connectivity index (χ3v) is 3.44. The predicted molar refractivity (Wildman–Crippen MR) is 78.9 cm³/mol.